The monoisotopic (exact) mass is 403 g/mol. The number of carbonyl (C=O) groups excluding carboxylic acids is 2. The Bertz CT molecular complexity index is 815. The molecule has 7 nitrogen and oxygen atoms in total. The van der Waals surface area contributed by atoms with Crippen LogP contribution in [0.15, 0.2) is 34.9 Å². The zero-order valence-electron chi connectivity index (χ0n) is 13.6. The van der Waals surface area contributed by atoms with Crippen molar-refractivity contribution in [3.63, 3.8) is 0 Å². The lowest BCUT2D eigenvalue weighted by molar-refractivity contribution is -0.128. The quantitative estimate of drug-likeness (QED) is 0.780. The fraction of sp³-hybridized carbons (Fsp3) is 0.412. The van der Waals surface area contributed by atoms with Crippen LogP contribution >= 0.6 is 15.9 Å². The minimum absolute atomic E-state index is 0.0201. The second kappa shape index (κ2) is 6.59. The van der Waals surface area contributed by atoms with Gasteiger partial charge in [0.1, 0.15) is 5.69 Å². The minimum atomic E-state index is 0.0201. The average Bonchev–Trinajstić information content (AvgIpc) is 3.17. The number of carbonyl (C=O) groups is 2. The summed E-state index contributed by atoms with van der Waals surface area (Å²) in [7, 11) is 0. The van der Waals surface area contributed by atoms with E-state index in [4.69, 9.17) is 0 Å². The molecule has 0 radical (unpaired) electrons. The second-order valence-electron chi connectivity index (χ2n) is 6.45. The molecular weight excluding hydrogens is 386 g/mol. The Kier molecular flexibility index (Phi) is 4.29. The predicted octanol–water partition coefficient (Wildman–Crippen LogP) is 1.86. The SMILES string of the molecule is O=C1CCCN1Cc1cn(C2CN(C(=O)c3ccccc3Br)C2)nn1. The Labute approximate surface area is 153 Å². The molecule has 2 amide bonds. The van der Waals surface area contributed by atoms with Gasteiger partial charge in [-0.05, 0) is 34.5 Å². The highest BCUT2D eigenvalue weighted by Crippen LogP contribution is 2.25. The summed E-state index contributed by atoms with van der Waals surface area (Å²) < 4.78 is 2.61. The molecule has 8 heteroatoms. The summed E-state index contributed by atoms with van der Waals surface area (Å²) in [6, 6.07) is 7.58. The number of amides is 2. The summed E-state index contributed by atoms with van der Waals surface area (Å²) in [5.74, 6) is 0.204. The average molecular weight is 404 g/mol. The molecule has 2 aromatic rings. The molecule has 0 saturated carbocycles. The summed E-state index contributed by atoms with van der Waals surface area (Å²) in [6.07, 6.45) is 3.43. The van der Waals surface area contributed by atoms with Gasteiger partial charge in [-0.1, -0.05) is 17.3 Å². The van der Waals surface area contributed by atoms with Crippen LogP contribution in [0.25, 0.3) is 0 Å². The Morgan fingerprint density at radius 3 is 2.80 bits per heavy atom. The fourth-order valence-electron chi connectivity index (χ4n) is 3.22. The molecule has 0 bridgehead atoms. The second-order valence-corrected chi connectivity index (χ2v) is 7.31. The zero-order valence-corrected chi connectivity index (χ0v) is 15.2. The van der Waals surface area contributed by atoms with Crippen LogP contribution in [0.3, 0.4) is 0 Å². The number of likely N-dealkylation sites (tertiary alicyclic amines) is 2. The van der Waals surface area contributed by atoms with Crippen LogP contribution in [-0.2, 0) is 11.3 Å². The van der Waals surface area contributed by atoms with E-state index in [0.29, 0.717) is 31.6 Å². The number of hydrogen-bond donors (Lipinski definition) is 0. The molecule has 130 valence electrons. The van der Waals surface area contributed by atoms with Crippen molar-refractivity contribution >= 4 is 27.7 Å². The number of aromatic nitrogens is 3. The molecule has 0 N–H and O–H groups in total. The Hall–Kier alpha value is -2.22. The molecule has 2 saturated heterocycles. The lowest BCUT2D eigenvalue weighted by Crippen LogP contribution is -2.51. The largest absolute Gasteiger partial charge is 0.337 e. The van der Waals surface area contributed by atoms with E-state index in [9.17, 15) is 9.59 Å². The van der Waals surface area contributed by atoms with Gasteiger partial charge in [0.25, 0.3) is 5.91 Å². The third-order valence-electron chi connectivity index (χ3n) is 4.71. The van der Waals surface area contributed by atoms with Crippen molar-refractivity contribution < 1.29 is 9.59 Å². The van der Waals surface area contributed by atoms with Gasteiger partial charge in [0, 0.05) is 30.5 Å². The summed E-state index contributed by atoms with van der Waals surface area (Å²) in [6.45, 7) is 2.55. The third kappa shape index (κ3) is 3.18. The van der Waals surface area contributed by atoms with Gasteiger partial charge in [0.05, 0.1) is 24.3 Å². The van der Waals surface area contributed by atoms with Gasteiger partial charge in [-0.2, -0.15) is 0 Å². The Balaban J connectivity index is 1.36. The van der Waals surface area contributed by atoms with Gasteiger partial charge in [0.15, 0.2) is 0 Å². The lowest BCUT2D eigenvalue weighted by atomic mass is 10.1. The standard InChI is InChI=1S/C17H18BrN5O2/c18-15-5-2-1-4-14(15)17(25)22-10-13(11-22)23-9-12(19-20-23)8-21-7-3-6-16(21)24/h1-2,4-5,9,13H,3,6-8,10-11H2. The predicted molar refractivity (Wildman–Crippen MR) is 93.8 cm³/mol. The van der Waals surface area contributed by atoms with Crippen molar-refractivity contribution in [1.82, 2.24) is 24.8 Å². The van der Waals surface area contributed by atoms with E-state index in [1.807, 2.05) is 35.4 Å². The molecule has 4 rings (SSSR count). The number of nitrogens with zero attached hydrogens (tertiary/aromatic N) is 5. The maximum absolute atomic E-state index is 12.5. The number of hydrogen-bond acceptors (Lipinski definition) is 4. The van der Waals surface area contributed by atoms with Gasteiger partial charge < -0.3 is 9.80 Å². The molecule has 0 atom stereocenters. The molecule has 2 aliphatic heterocycles. The highest BCUT2D eigenvalue weighted by molar-refractivity contribution is 9.10. The van der Waals surface area contributed by atoms with Crippen LogP contribution < -0.4 is 0 Å². The van der Waals surface area contributed by atoms with E-state index >= 15 is 0 Å². The number of halogens is 1. The maximum Gasteiger partial charge on any atom is 0.255 e. The van der Waals surface area contributed by atoms with E-state index in [0.717, 1.165) is 23.1 Å². The van der Waals surface area contributed by atoms with Gasteiger partial charge >= 0.3 is 0 Å². The van der Waals surface area contributed by atoms with Crippen LogP contribution in [0.5, 0.6) is 0 Å². The first-order chi connectivity index (χ1) is 12.1. The zero-order chi connectivity index (χ0) is 17.4. The number of rotatable bonds is 4. The van der Waals surface area contributed by atoms with Crippen LogP contribution in [0.2, 0.25) is 0 Å². The van der Waals surface area contributed by atoms with Crippen molar-refractivity contribution in [2.75, 3.05) is 19.6 Å². The highest BCUT2D eigenvalue weighted by atomic mass is 79.9. The molecule has 3 heterocycles. The van der Waals surface area contributed by atoms with Gasteiger partial charge in [-0.25, -0.2) is 4.68 Å². The van der Waals surface area contributed by atoms with Crippen LogP contribution in [0, 0.1) is 0 Å². The first-order valence-corrected chi connectivity index (χ1v) is 9.13. The lowest BCUT2D eigenvalue weighted by Gasteiger charge is -2.39. The molecule has 25 heavy (non-hydrogen) atoms. The highest BCUT2D eigenvalue weighted by Gasteiger charge is 2.34. The Morgan fingerprint density at radius 2 is 2.08 bits per heavy atom. The van der Waals surface area contributed by atoms with Crippen LogP contribution in [-0.4, -0.2) is 56.2 Å². The molecule has 2 fully saturated rings. The molecule has 1 aromatic heterocycles. The fourth-order valence-corrected chi connectivity index (χ4v) is 3.68. The third-order valence-corrected chi connectivity index (χ3v) is 5.40. The summed E-state index contributed by atoms with van der Waals surface area (Å²) in [5, 5.41) is 8.34. The van der Waals surface area contributed by atoms with Crippen molar-refractivity contribution in [3.8, 4) is 0 Å². The van der Waals surface area contributed by atoms with E-state index in [1.165, 1.54) is 0 Å². The topological polar surface area (TPSA) is 71.3 Å². The first kappa shape index (κ1) is 16.3. The van der Waals surface area contributed by atoms with E-state index < -0.39 is 0 Å². The normalized spacial score (nSPS) is 17.9. The summed E-state index contributed by atoms with van der Waals surface area (Å²) in [5.41, 5.74) is 1.47. The summed E-state index contributed by atoms with van der Waals surface area (Å²) in [4.78, 5) is 27.8. The first-order valence-electron chi connectivity index (χ1n) is 8.34. The molecular formula is C17H18BrN5O2. The smallest absolute Gasteiger partial charge is 0.255 e. The van der Waals surface area contributed by atoms with Crippen molar-refractivity contribution in [1.29, 1.82) is 0 Å². The van der Waals surface area contributed by atoms with Gasteiger partial charge in [-0.3, -0.25) is 9.59 Å². The van der Waals surface area contributed by atoms with E-state index in [1.54, 1.807) is 9.58 Å². The minimum Gasteiger partial charge on any atom is -0.337 e. The van der Waals surface area contributed by atoms with Gasteiger partial charge in [0.2, 0.25) is 5.91 Å². The molecule has 0 aliphatic carbocycles. The molecule has 2 aliphatic rings. The van der Waals surface area contributed by atoms with Crippen LogP contribution in [0.4, 0.5) is 0 Å². The molecule has 0 spiro atoms. The number of benzene rings is 1. The van der Waals surface area contributed by atoms with E-state index in [-0.39, 0.29) is 17.9 Å². The van der Waals surface area contributed by atoms with Crippen molar-refractivity contribution in [3.05, 3.63) is 46.2 Å². The Morgan fingerprint density at radius 1 is 1.28 bits per heavy atom. The molecule has 0 unspecified atom stereocenters. The maximum atomic E-state index is 12.5. The molecule has 1 aromatic carbocycles. The van der Waals surface area contributed by atoms with Crippen molar-refractivity contribution in [2.24, 2.45) is 0 Å². The summed E-state index contributed by atoms with van der Waals surface area (Å²) >= 11 is 3.42. The van der Waals surface area contributed by atoms with E-state index in [2.05, 4.69) is 26.2 Å². The van der Waals surface area contributed by atoms with Crippen molar-refractivity contribution in [2.45, 2.75) is 25.4 Å². The van der Waals surface area contributed by atoms with Gasteiger partial charge in [-0.15, -0.1) is 5.10 Å². The van der Waals surface area contributed by atoms with Crippen LogP contribution in [0.1, 0.15) is 34.9 Å².